The summed E-state index contributed by atoms with van der Waals surface area (Å²) in [5.41, 5.74) is 8.84. The van der Waals surface area contributed by atoms with Crippen LogP contribution in [0.15, 0.2) is 316 Å². The molecule has 0 aliphatic heterocycles. The van der Waals surface area contributed by atoms with Crippen molar-refractivity contribution in [3.8, 4) is 34.5 Å². The Hall–Kier alpha value is -11.5. The second kappa shape index (κ2) is 51.9. The smallest absolute Gasteiger partial charge is 0.251 e. The number of methoxy groups -OCH3 is 4. The van der Waals surface area contributed by atoms with E-state index in [0.717, 1.165) is 29.4 Å². The summed E-state index contributed by atoms with van der Waals surface area (Å²) >= 11 is 0. The van der Waals surface area contributed by atoms with Crippen LogP contribution < -0.4 is 35.3 Å². The molecule has 0 fully saturated rings. The number of Topliss-reactive ketones (excluding diaryl/α,β-unsaturated/α-hetero) is 1. The number of carbonyl (C=O) groups is 4. The molecule has 12 aromatic rings. The lowest BCUT2D eigenvalue weighted by atomic mass is 10.1. The zero-order valence-corrected chi connectivity index (χ0v) is 58.1. The van der Waals surface area contributed by atoms with E-state index in [2.05, 4.69) is 82.3 Å². The summed E-state index contributed by atoms with van der Waals surface area (Å²) in [5, 5.41) is 35.4. The van der Waals surface area contributed by atoms with Crippen LogP contribution in [0.5, 0.6) is 34.5 Å². The Labute approximate surface area is 586 Å². The first-order chi connectivity index (χ1) is 47.1. The molecule has 0 saturated heterocycles. The van der Waals surface area contributed by atoms with Crippen molar-refractivity contribution in [2.45, 2.75) is 6.92 Å². The molecule has 17 heteroatoms. The SMILES string of the molecule is Br.CC(=O)c1ccccc1.CN(C)CCNC(=O)c1ccccc1.COc1cccc(OC)c1.COc1ccccc1.COc1ccccc1O.NC(=O)c1ccccc1.O=C(NCCO)c1ccccc1.Oc1ccccc1.c1ccc2[nH]ccc2c1.c1ccc2ccccc2c1. The standard InChI is InChI=1S/C11H16N2O.C10H8.C9H11NO2.C8H7N.C8H10O2.C8H8O.C7H7NO.C7H8O2.C7H8O.C6H6O.BrH/c1-13(2)9-8-12-11(14)10-6-4-3-5-7-10;1-2-6-10-8-4-3-7-9(10)5-1;11-7-6-10-9(12)8-4-2-1-3-5-8;1-2-4-8-7(3-1)5-6-9-8;1-9-7-4-3-5-8(6-7)10-2;1-7(9)8-5-3-2-4-6-8;8-7(9)6-4-2-1-3-5-6;1-9-7-5-3-2-4-6(7)8;1-8-7-5-3-2-4-6-7;7-6-4-2-1-3-5-6;/h3-7H,8-9H2,1-2H3,(H,12,14);1-8H;1-5,11H,6-7H2,(H,10,12);1-6,9H;3-6H,1-2H3;2-6H,1H3;1-5H,(H2,8,9);2-5,8H,1H3;2-6H,1H3;1-5,7H;1H. The highest BCUT2D eigenvalue weighted by atomic mass is 79.9. The van der Waals surface area contributed by atoms with Crippen molar-refractivity contribution in [2.75, 3.05) is 68.8 Å². The molecule has 0 aliphatic carbocycles. The van der Waals surface area contributed by atoms with Crippen molar-refractivity contribution in [1.82, 2.24) is 20.5 Å². The number of aromatic hydroxyl groups is 2. The van der Waals surface area contributed by atoms with Crippen molar-refractivity contribution < 1.29 is 53.4 Å². The first kappa shape index (κ1) is 82.6. The molecule has 0 radical (unpaired) electrons. The van der Waals surface area contributed by atoms with Crippen LogP contribution in [0.1, 0.15) is 48.4 Å². The molecule has 11 aromatic carbocycles. The van der Waals surface area contributed by atoms with Gasteiger partial charge in [0, 0.05) is 59.7 Å². The third kappa shape index (κ3) is 36.8. The van der Waals surface area contributed by atoms with Gasteiger partial charge in [-0.2, -0.15) is 0 Å². The predicted octanol–water partition coefficient (Wildman–Crippen LogP) is 15.8. The summed E-state index contributed by atoms with van der Waals surface area (Å²) in [7, 11) is 10.4. The number of phenols is 2. The number of fused-ring (bicyclic) bond motifs is 2. The number of nitrogens with one attached hydrogen (secondary N) is 3. The van der Waals surface area contributed by atoms with Gasteiger partial charge in [-0.25, -0.2) is 0 Å². The van der Waals surface area contributed by atoms with Gasteiger partial charge in [-0.05, 0) is 134 Å². The summed E-state index contributed by atoms with van der Waals surface area (Å²) in [6, 6.07) is 95.8. The third-order valence-corrected chi connectivity index (χ3v) is 12.8. The average Bonchev–Trinajstić information content (AvgIpc) is 1.45. The van der Waals surface area contributed by atoms with Gasteiger partial charge in [0.2, 0.25) is 5.91 Å². The zero-order valence-electron chi connectivity index (χ0n) is 56.4. The van der Waals surface area contributed by atoms with Crippen molar-refractivity contribution in [1.29, 1.82) is 0 Å². The summed E-state index contributed by atoms with van der Waals surface area (Å²) in [5.74, 6) is 3.15. The molecular formula is C81H90BrN5O11. The number of phenolic OH excluding ortho intramolecular Hbond substituents is 2. The first-order valence-electron chi connectivity index (χ1n) is 30.7. The van der Waals surface area contributed by atoms with E-state index in [1.807, 2.05) is 171 Å². The number of aliphatic hydroxyl groups is 1. The maximum atomic E-state index is 11.5. The molecule has 512 valence electrons. The molecular weight excluding hydrogens is 1300 g/mol. The molecule has 0 saturated carbocycles. The van der Waals surface area contributed by atoms with E-state index in [1.165, 1.54) is 28.8 Å². The number of hydrogen-bond acceptors (Lipinski definition) is 12. The minimum Gasteiger partial charge on any atom is -0.508 e. The number of H-pyrrole nitrogens is 1. The maximum absolute atomic E-state index is 11.5. The van der Waals surface area contributed by atoms with E-state index in [9.17, 15) is 19.2 Å². The number of ketones is 1. The molecule has 12 rings (SSSR count). The fraction of sp³-hybridized carbons (Fsp3) is 0.136. The first-order valence-corrected chi connectivity index (χ1v) is 30.7. The highest BCUT2D eigenvalue weighted by Gasteiger charge is 2.04. The number of aromatic nitrogens is 1. The summed E-state index contributed by atoms with van der Waals surface area (Å²) in [6.45, 7) is 3.38. The summed E-state index contributed by atoms with van der Waals surface area (Å²) in [6.07, 6.45) is 1.95. The fourth-order valence-electron chi connectivity index (χ4n) is 7.69. The monoisotopic (exact) mass is 1390 g/mol. The van der Waals surface area contributed by atoms with E-state index in [-0.39, 0.29) is 52.8 Å². The number of primary amides is 1. The average molecular weight is 1390 g/mol. The van der Waals surface area contributed by atoms with Gasteiger partial charge >= 0.3 is 0 Å². The number of aliphatic hydroxyl groups excluding tert-OH is 1. The molecule has 1 aromatic heterocycles. The molecule has 98 heavy (non-hydrogen) atoms. The zero-order chi connectivity index (χ0) is 70.5. The van der Waals surface area contributed by atoms with Gasteiger partial charge in [-0.3, -0.25) is 19.2 Å². The Morgan fingerprint density at radius 1 is 0.418 bits per heavy atom. The number of halogens is 1. The number of aromatic amines is 1. The van der Waals surface area contributed by atoms with E-state index in [0.29, 0.717) is 41.3 Å². The van der Waals surface area contributed by atoms with Crippen molar-refractivity contribution >= 4 is 62.2 Å². The van der Waals surface area contributed by atoms with Crippen LogP contribution >= 0.6 is 17.0 Å². The lowest BCUT2D eigenvalue weighted by Crippen LogP contribution is -2.31. The highest BCUT2D eigenvalue weighted by Crippen LogP contribution is 2.23. The Morgan fingerprint density at radius 3 is 1.12 bits per heavy atom. The van der Waals surface area contributed by atoms with Crippen molar-refractivity contribution in [2.24, 2.45) is 5.73 Å². The molecule has 0 atom stereocenters. The second-order valence-electron chi connectivity index (χ2n) is 20.2. The lowest BCUT2D eigenvalue weighted by Gasteiger charge is -2.10. The molecule has 0 aliphatic rings. The Bertz CT molecular complexity index is 3840. The van der Waals surface area contributed by atoms with Gasteiger partial charge in [0.15, 0.2) is 17.3 Å². The normalized spacial score (nSPS) is 9.28. The lowest BCUT2D eigenvalue weighted by molar-refractivity contribution is 0.0939. The third-order valence-electron chi connectivity index (χ3n) is 12.8. The molecule has 16 nitrogen and oxygen atoms in total. The largest absolute Gasteiger partial charge is 0.508 e. The van der Waals surface area contributed by atoms with Crippen LogP contribution in [-0.2, 0) is 0 Å². The Morgan fingerprint density at radius 2 is 0.786 bits per heavy atom. The van der Waals surface area contributed by atoms with Gasteiger partial charge in [0.1, 0.15) is 23.0 Å². The fourth-order valence-corrected chi connectivity index (χ4v) is 7.69. The van der Waals surface area contributed by atoms with Crippen LogP contribution in [0.25, 0.3) is 21.7 Å². The van der Waals surface area contributed by atoms with Gasteiger partial charge in [-0.15, -0.1) is 17.0 Å². The predicted molar refractivity (Wildman–Crippen MR) is 402 cm³/mol. The number of benzene rings is 11. The highest BCUT2D eigenvalue weighted by molar-refractivity contribution is 8.93. The summed E-state index contributed by atoms with van der Waals surface area (Å²) < 4.78 is 19.7. The van der Waals surface area contributed by atoms with Crippen LogP contribution in [0.4, 0.5) is 0 Å². The van der Waals surface area contributed by atoms with Gasteiger partial charge in [0.25, 0.3) is 11.8 Å². The minimum atomic E-state index is -0.379. The van der Waals surface area contributed by atoms with Gasteiger partial charge in [0.05, 0.1) is 35.0 Å². The number of para-hydroxylation sites is 5. The topological polar surface area (TPSA) is 235 Å². The second-order valence-corrected chi connectivity index (χ2v) is 20.2. The van der Waals surface area contributed by atoms with Gasteiger partial charge < -0.3 is 60.5 Å². The Kier molecular flexibility index (Phi) is 43.7. The number of nitrogens with zero attached hydrogens (tertiary/aromatic N) is 1. The van der Waals surface area contributed by atoms with Crippen LogP contribution in [0.2, 0.25) is 0 Å². The van der Waals surface area contributed by atoms with E-state index < -0.39 is 0 Å². The van der Waals surface area contributed by atoms with E-state index >= 15 is 0 Å². The molecule has 0 spiro atoms. The Balaban J connectivity index is 0.000000372. The van der Waals surface area contributed by atoms with Gasteiger partial charge in [-0.1, -0.05) is 206 Å². The number of carbonyl (C=O) groups excluding carboxylic acids is 4. The quantitative estimate of drug-likeness (QED) is 0.0534. The number of hydrogen-bond donors (Lipinski definition) is 7. The van der Waals surface area contributed by atoms with Crippen LogP contribution in [-0.4, -0.2) is 117 Å². The number of amides is 3. The maximum Gasteiger partial charge on any atom is 0.251 e. The van der Waals surface area contributed by atoms with Crippen molar-refractivity contribution in [3.05, 3.63) is 338 Å². The number of nitrogens with two attached hydrogens (primary N) is 1. The van der Waals surface area contributed by atoms with Crippen molar-refractivity contribution in [3.63, 3.8) is 0 Å². The van der Waals surface area contributed by atoms with Crippen LogP contribution in [0.3, 0.4) is 0 Å². The molecule has 1 heterocycles. The van der Waals surface area contributed by atoms with Crippen LogP contribution in [0, 0.1) is 0 Å². The minimum absolute atomic E-state index is 0. The molecule has 0 unspecified atom stereocenters. The molecule has 3 amide bonds. The van der Waals surface area contributed by atoms with E-state index in [1.54, 1.807) is 125 Å². The molecule has 8 N–H and O–H groups in total. The number of rotatable bonds is 13. The number of likely N-dealkylation sites (N-methyl/N-ethyl adjacent to an activating group) is 1. The molecule has 0 bridgehead atoms. The summed E-state index contributed by atoms with van der Waals surface area (Å²) in [4.78, 5) is 48.9. The number of ether oxygens (including phenoxy) is 4. The van der Waals surface area contributed by atoms with E-state index in [4.69, 9.17) is 40.0 Å².